The normalized spacial score (nSPS) is 12.3. The van der Waals surface area contributed by atoms with Crippen LogP contribution in [0, 0.1) is 0 Å². The molecule has 2 aromatic rings. The Hall–Kier alpha value is -2.15. The van der Waals surface area contributed by atoms with E-state index in [2.05, 4.69) is 10.3 Å². The zero-order valence-electron chi connectivity index (χ0n) is 12.4. The number of nitrogens with zero attached hydrogens (tertiary/aromatic N) is 1. The van der Waals surface area contributed by atoms with Gasteiger partial charge in [0, 0.05) is 10.6 Å². The first kappa shape index (κ1) is 17.2. The Bertz CT molecular complexity index is 699. The summed E-state index contributed by atoms with van der Waals surface area (Å²) >= 11 is -0.180. The zero-order chi connectivity index (χ0) is 16.9. The second-order valence-electron chi connectivity index (χ2n) is 4.72. The maximum absolute atomic E-state index is 12.4. The fourth-order valence-corrected chi connectivity index (χ4v) is 2.53. The molecule has 122 valence electrons. The van der Waals surface area contributed by atoms with Crippen LogP contribution in [0.4, 0.5) is 24.5 Å². The van der Waals surface area contributed by atoms with E-state index in [0.29, 0.717) is 5.69 Å². The number of rotatable bonds is 4. The summed E-state index contributed by atoms with van der Waals surface area (Å²) in [5, 5.41) is 2.93. The zero-order valence-corrected chi connectivity index (χ0v) is 13.2. The summed E-state index contributed by atoms with van der Waals surface area (Å²) in [6.07, 6.45) is 0.892. The van der Waals surface area contributed by atoms with Gasteiger partial charge in [0.1, 0.15) is 0 Å². The molecule has 0 amide bonds. The molecule has 7 heteroatoms. The van der Waals surface area contributed by atoms with Crippen molar-refractivity contribution >= 4 is 29.1 Å². The quantitative estimate of drug-likeness (QED) is 0.472. The summed E-state index contributed by atoms with van der Waals surface area (Å²) in [4.78, 5) is 4.17. The van der Waals surface area contributed by atoms with Crippen LogP contribution in [0.5, 0.6) is 0 Å². The van der Waals surface area contributed by atoms with Gasteiger partial charge in [0.15, 0.2) is 5.96 Å². The Kier molecular flexibility index (Phi) is 5.54. The molecular weight excluding hydrogens is 323 g/mol. The van der Waals surface area contributed by atoms with Crippen LogP contribution in [0.1, 0.15) is 12.5 Å². The molecule has 0 aromatic heterocycles. The van der Waals surface area contributed by atoms with Crippen LogP contribution in [0.15, 0.2) is 58.4 Å². The number of alkyl halides is 3. The molecule has 0 spiro atoms. The third-order valence-electron chi connectivity index (χ3n) is 2.91. The van der Waals surface area contributed by atoms with Crippen LogP contribution in [0.2, 0.25) is 0 Å². The van der Waals surface area contributed by atoms with Gasteiger partial charge >= 0.3 is 5.51 Å². The van der Waals surface area contributed by atoms with Crippen LogP contribution in [-0.4, -0.2) is 11.5 Å². The molecular formula is C16H16F3N3S. The van der Waals surface area contributed by atoms with Crippen molar-refractivity contribution in [2.45, 2.75) is 23.7 Å². The molecule has 0 bridgehead atoms. The van der Waals surface area contributed by atoms with Gasteiger partial charge in [-0.3, -0.25) is 0 Å². The van der Waals surface area contributed by atoms with E-state index in [0.717, 1.165) is 17.7 Å². The first-order valence-electron chi connectivity index (χ1n) is 6.91. The third-order valence-corrected chi connectivity index (χ3v) is 3.63. The maximum atomic E-state index is 12.4. The number of thioether (sulfide) groups is 1. The second-order valence-corrected chi connectivity index (χ2v) is 5.86. The van der Waals surface area contributed by atoms with E-state index in [1.807, 2.05) is 31.2 Å². The highest BCUT2D eigenvalue weighted by molar-refractivity contribution is 8.00. The molecule has 0 aliphatic heterocycles. The van der Waals surface area contributed by atoms with Crippen molar-refractivity contribution in [3.05, 3.63) is 54.1 Å². The number of aryl methyl sites for hydroxylation is 1. The van der Waals surface area contributed by atoms with E-state index < -0.39 is 5.51 Å². The van der Waals surface area contributed by atoms with E-state index in [1.54, 1.807) is 6.07 Å². The Morgan fingerprint density at radius 3 is 2.61 bits per heavy atom. The predicted molar refractivity (Wildman–Crippen MR) is 89.1 cm³/mol. The molecule has 0 aliphatic carbocycles. The van der Waals surface area contributed by atoms with Gasteiger partial charge in [-0.2, -0.15) is 13.2 Å². The number of nitrogens with one attached hydrogen (secondary N) is 1. The fraction of sp³-hybridized carbons (Fsp3) is 0.188. The van der Waals surface area contributed by atoms with Gasteiger partial charge in [-0.1, -0.05) is 25.1 Å². The molecule has 0 unspecified atom stereocenters. The van der Waals surface area contributed by atoms with Gasteiger partial charge in [-0.05, 0) is 54.1 Å². The Morgan fingerprint density at radius 2 is 1.91 bits per heavy atom. The maximum Gasteiger partial charge on any atom is 0.446 e. The minimum Gasteiger partial charge on any atom is -0.369 e. The summed E-state index contributed by atoms with van der Waals surface area (Å²) < 4.78 is 37.2. The number of anilines is 1. The summed E-state index contributed by atoms with van der Waals surface area (Å²) in [7, 11) is 0. The molecule has 0 fully saturated rings. The number of benzene rings is 2. The largest absolute Gasteiger partial charge is 0.446 e. The summed E-state index contributed by atoms with van der Waals surface area (Å²) in [5.74, 6) is 0.118. The molecule has 0 aliphatic rings. The molecule has 0 saturated heterocycles. The number of hydrogen-bond acceptors (Lipinski definition) is 2. The first-order valence-corrected chi connectivity index (χ1v) is 7.73. The van der Waals surface area contributed by atoms with Crippen molar-refractivity contribution < 1.29 is 13.2 Å². The van der Waals surface area contributed by atoms with E-state index >= 15 is 0 Å². The molecule has 3 nitrogen and oxygen atoms in total. The van der Waals surface area contributed by atoms with E-state index in [9.17, 15) is 13.2 Å². The van der Waals surface area contributed by atoms with Crippen LogP contribution < -0.4 is 11.1 Å². The lowest BCUT2D eigenvalue weighted by Crippen LogP contribution is -2.21. The Balaban J connectivity index is 2.12. The molecule has 0 atom stereocenters. The van der Waals surface area contributed by atoms with Crippen molar-refractivity contribution in [3.63, 3.8) is 0 Å². The molecule has 0 radical (unpaired) electrons. The summed E-state index contributed by atoms with van der Waals surface area (Å²) in [6.45, 7) is 2.04. The molecule has 3 N–H and O–H groups in total. The Labute approximate surface area is 136 Å². The first-order chi connectivity index (χ1) is 10.9. The molecule has 0 heterocycles. The monoisotopic (exact) mass is 339 g/mol. The SMILES string of the molecule is CCc1cccc(NC(N)=Nc2cccc(SC(F)(F)F)c2)c1. The topological polar surface area (TPSA) is 50.4 Å². The lowest BCUT2D eigenvalue weighted by Gasteiger charge is -2.08. The highest BCUT2D eigenvalue weighted by atomic mass is 32.2. The van der Waals surface area contributed by atoms with Crippen molar-refractivity contribution in [2.24, 2.45) is 10.7 Å². The molecule has 2 aromatic carbocycles. The van der Waals surface area contributed by atoms with Crippen LogP contribution >= 0.6 is 11.8 Å². The standard InChI is InChI=1S/C16H16F3N3S/c1-2-11-5-3-6-12(9-11)21-15(20)22-13-7-4-8-14(10-13)23-16(17,18)19/h3-10H,2H2,1H3,(H3,20,21,22). The summed E-state index contributed by atoms with van der Waals surface area (Å²) in [6, 6.07) is 13.5. The minimum atomic E-state index is -4.33. The average molecular weight is 339 g/mol. The highest BCUT2D eigenvalue weighted by Gasteiger charge is 2.29. The van der Waals surface area contributed by atoms with E-state index in [-0.39, 0.29) is 22.6 Å². The lowest BCUT2D eigenvalue weighted by atomic mass is 10.1. The van der Waals surface area contributed by atoms with Gasteiger partial charge in [-0.15, -0.1) is 0 Å². The van der Waals surface area contributed by atoms with E-state index in [4.69, 9.17) is 5.73 Å². The number of halogens is 3. The van der Waals surface area contributed by atoms with Gasteiger partial charge in [0.05, 0.1) is 5.69 Å². The van der Waals surface area contributed by atoms with Crippen LogP contribution in [0.25, 0.3) is 0 Å². The van der Waals surface area contributed by atoms with Crippen molar-refractivity contribution in [3.8, 4) is 0 Å². The Morgan fingerprint density at radius 1 is 1.17 bits per heavy atom. The lowest BCUT2D eigenvalue weighted by molar-refractivity contribution is -0.0328. The molecule has 0 saturated carbocycles. The fourth-order valence-electron chi connectivity index (χ4n) is 1.93. The van der Waals surface area contributed by atoms with Gasteiger partial charge < -0.3 is 11.1 Å². The van der Waals surface area contributed by atoms with Crippen LogP contribution in [0.3, 0.4) is 0 Å². The number of guanidine groups is 1. The molecule has 2 rings (SSSR count). The van der Waals surface area contributed by atoms with Crippen molar-refractivity contribution in [1.29, 1.82) is 0 Å². The highest BCUT2D eigenvalue weighted by Crippen LogP contribution is 2.37. The average Bonchev–Trinajstić information content (AvgIpc) is 2.45. The van der Waals surface area contributed by atoms with Gasteiger partial charge in [0.25, 0.3) is 0 Å². The number of aliphatic imine (C=N–C) groups is 1. The van der Waals surface area contributed by atoms with Crippen molar-refractivity contribution in [1.82, 2.24) is 0 Å². The van der Waals surface area contributed by atoms with Gasteiger partial charge in [0.2, 0.25) is 0 Å². The van der Waals surface area contributed by atoms with Crippen LogP contribution in [-0.2, 0) is 6.42 Å². The molecule has 23 heavy (non-hydrogen) atoms. The smallest absolute Gasteiger partial charge is 0.369 e. The number of nitrogens with two attached hydrogens (primary N) is 1. The minimum absolute atomic E-state index is 0.0690. The van der Waals surface area contributed by atoms with E-state index in [1.165, 1.54) is 18.2 Å². The van der Waals surface area contributed by atoms with Gasteiger partial charge in [-0.25, -0.2) is 4.99 Å². The summed E-state index contributed by atoms with van der Waals surface area (Å²) in [5.41, 5.74) is 3.78. The predicted octanol–water partition coefficient (Wildman–Crippen LogP) is 4.92. The third kappa shape index (κ3) is 5.86. The number of hydrogen-bond donors (Lipinski definition) is 2. The van der Waals surface area contributed by atoms with Crippen molar-refractivity contribution in [2.75, 3.05) is 5.32 Å². The second kappa shape index (κ2) is 7.41.